The number of ether oxygens (including phenoxy) is 1. The Morgan fingerprint density at radius 1 is 1.22 bits per heavy atom. The lowest BCUT2D eigenvalue weighted by Gasteiger charge is -2.13. The molecule has 5 nitrogen and oxygen atoms in total. The maximum Gasteiger partial charge on any atom is 0.349 e. The van der Waals surface area contributed by atoms with E-state index in [1.807, 2.05) is 0 Å². The summed E-state index contributed by atoms with van der Waals surface area (Å²) < 4.78 is 17.7. The van der Waals surface area contributed by atoms with Crippen molar-refractivity contribution in [3.05, 3.63) is 54.1 Å². The van der Waals surface area contributed by atoms with E-state index < -0.39 is 17.9 Å². The van der Waals surface area contributed by atoms with Crippen molar-refractivity contribution in [1.29, 1.82) is 0 Å². The van der Waals surface area contributed by atoms with E-state index in [1.54, 1.807) is 30.3 Å². The molecule has 2 rings (SSSR count). The molecule has 0 aliphatic carbocycles. The number of hydrogen-bond acceptors (Lipinski definition) is 4. The van der Waals surface area contributed by atoms with Crippen molar-refractivity contribution >= 4 is 5.97 Å². The van der Waals surface area contributed by atoms with E-state index in [9.17, 15) is 9.18 Å². The highest BCUT2D eigenvalue weighted by atomic mass is 19.1. The van der Waals surface area contributed by atoms with Crippen LogP contribution in [-0.4, -0.2) is 21.0 Å². The third kappa shape index (κ3) is 2.79. The van der Waals surface area contributed by atoms with Gasteiger partial charge in [0, 0.05) is 5.56 Å². The van der Waals surface area contributed by atoms with Gasteiger partial charge in [-0.05, 0) is 0 Å². The third-order valence-corrected chi connectivity index (χ3v) is 2.15. The molecule has 0 fully saturated rings. The lowest BCUT2D eigenvalue weighted by molar-refractivity contribution is -0.145. The van der Waals surface area contributed by atoms with Crippen LogP contribution in [0.3, 0.4) is 0 Å². The zero-order valence-electron chi connectivity index (χ0n) is 9.15. The fourth-order valence-corrected chi connectivity index (χ4v) is 1.36. The van der Waals surface area contributed by atoms with Crippen LogP contribution in [0.15, 0.2) is 42.7 Å². The maximum atomic E-state index is 12.6. The summed E-state index contributed by atoms with van der Waals surface area (Å²) in [6.45, 7) is 0. The van der Waals surface area contributed by atoms with Crippen molar-refractivity contribution in [2.45, 2.75) is 6.10 Å². The Bertz CT molecular complexity index is 531. The van der Waals surface area contributed by atoms with Crippen LogP contribution in [0.4, 0.5) is 4.39 Å². The van der Waals surface area contributed by atoms with Crippen LogP contribution in [0.2, 0.25) is 0 Å². The average Bonchev–Trinajstić information content (AvgIpc) is 2.38. The van der Waals surface area contributed by atoms with E-state index in [2.05, 4.69) is 9.97 Å². The summed E-state index contributed by atoms with van der Waals surface area (Å²) in [7, 11) is 0. The van der Waals surface area contributed by atoms with Gasteiger partial charge < -0.3 is 9.84 Å². The summed E-state index contributed by atoms with van der Waals surface area (Å²) in [5.74, 6) is -1.79. The number of rotatable bonds is 4. The second-order valence-electron chi connectivity index (χ2n) is 3.43. The van der Waals surface area contributed by atoms with E-state index in [1.165, 1.54) is 0 Å². The Hall–Kier alpha value is -2.50. The van der Waals surface area contributed by atoms with Gasteiger partial charge in [-0.2, -0.15) is 0 Å². The van der Waals surface area contributed by atoms with Crippen LogP contribution < -0.4 is 4.74 Å². The Morgan fingerprint density at radius 2 is 1.83 bits per heavy atom. The quantitative estimate of drug-likeness (QED) is 0.893. The molecule has 0 aliphatic rings. The Morgan fingerprint density at radius 3 is 2.39 bits per heavy atom. The molecule has 0 saturated heterocycles. The molecule has 0 aliphatic heterocycles. The van der Waals surface area contributed by atoms with Gasteiger partial charge in [0.05, 0.1) is 12.4 Å². The molecule has 0 bridgehead atoms. The van der Waals surface area contributed by atoms with Crippen molar-refractivity contribution < 1.29 is 19.0 Å². The minimum Gasteiger partial charge on any atom is -0.478 e. The lowest BCUT2D eigenvalue weighted by atomic mass is 10.1. The molecule has 0 radical (unpaired) electrons. The highest BCUT2D eigenvalue weighted by molar-refractivity contribution is 5.74. The summed E-state index contributed by atoms with van der Waals surface area (Å²) >= 11 is 0. The number of benzene rings is 1. The van der Waals surface area contributed by atoms with Crippen molar-refractivity contribution in [3.8, 4) is 6.01 Å². The fraction of sp³-hybridized carbons (Fsp3) is 0.0833. The number of halogens is 1. The fourth-order valence-electron chi connectivity index (χ4n) is 1.36. The topological polar surface area (TPSA) is 72.3 Å². The Balaban J connectivity index is 2.22. The number of aromatic nitrogens is 2. The van der Waals surface area contributed by atoms with Crippen LogP contribution in [0, 0.1) is 5.82 Å². The Labute approximate surface area is 102 Å². The molecule has 1 heterocycles. The molecule has 18 heavy (non-hydrogen) atoms. The predicted molar refractivity (Wildman–Crippen MR) is 59.4 cm³/mol. The van der Waals surface area contributed by atoms with Crippen molar-refractivity contribution in [2.24, 2.45) is 0 Å². The van der Waals surface area contributed by atoms with Gasteiger partial charge in [0.15, 0.2) is 5.82 Å². The smallest absolute Gasteiger partial charge is 0.349 e. The molecule has 2 aromatic rings. The molecule has 1 atom stereocenters. The molecular formula is C12H9FN2O3. The molecule has 1 aromatic carbocycles. The molecule has 92 valence electrons. The number of carboxylic acids is 1. The summed E-state index contributed by atoms with van der Waals surface area (Å²) in [6.07, 6.45) is 0.593. The second kappa shape index (κ2) is 5.22. The molecule has 1 aromatic heterocycles. The minimum atomic E-state index is -1.23. The highest BCUT2D eigenvalue weighted by Gasteiger charge is 2.22. The number of carboxylic acid groups (broad SMARTS) is 1. The molecule has 1 unspecified atom stereocenters. The normalized spacial score (nSPS) is 11.8. The van der Waals surface area contributed by atoms with Gasteiger partial charge in [0.1, 0.15) is 0 Å². The summed E-state index contributed by atoms with van der Waals surface area (Å²) in [6, 6.07) is 8.19. The van der Waals surface area contributed by atoms with Gasteiger partial charge >= 0.3 is 12.0 Å². The highest BCUT2D eigenvalue weighted by Crippen LogP contribution is 2.18. The van der Waals surface area contributed by atoms with Gasteiger partial charge in [0.2, 0.25) is 6.10 Å². The molecule has 0 saturated carbocycles. The zero-order chi connectivity index (χ0) is 13.0. The van der Waals surface area contributed by atoms with Crippen molar-refractivity contribution in [3.63, 3.8) is 0 Å². The first-order valence-electron chi connectivity index (χ1n) is 5.09. The zero-order valence-corrected chi connectivity index (χ0v) is 9.15. The van der Waals surface area contributed by atoms with Gasteiger partial charge in [-0.1, -0.05) is 30.3 Å². The first-order chi connectivity index (χ1) is 8.66. The van der Waals surface area contributed by atoms with Crippen LogP contribution in [0.25, 0.3) is 0 Å². The monoisotopic (exact) mass is 248 g/mol. The molecule has 0 spiro atoms. The van der Waals surface area contributed by atoms with Crippen molar-refractivity contribution in [1.82, 2.24) is 9.97 Å². The molecule has 6 heteroatoms. The van der Waals surface area contributed by atoms with E-state index in [-0.39, 0.29) is 6.01 Å². The van der Waals surface area contributed by atoms with E-state index >= 15 is 0 Å². The first-order valence-corrected chi connectivity index (χ1v) is 5.09. The summed E-state index contributed by atoms with van der Waals surface area (Å²) in [5, 5.41) is 9.09. The minimum absolute atomic E-state index is 0.187. The summed E-state index contributed by atoms with van der Waals surface area (Å²) in [4.78, 5) is 18.2. The van der Waals surface area contributed by atoms with Gasteiger partial charge in [-0.15, -0.1) is 0 Å². The maximum absolute atomic E-state index is 12.6. The number of aliphatic carboxylic acids is 1. The van der Waals surface area contributed by atoms with Crippen molar-refractivity contribution in [2.75, 3.05) is 0 Å². The number of hydrogen-bond donors (Lipinski definition) is 1. The third-order valence-electron chi connectivity index (χ3n) is 2.15. The van der Waals surface area contributed by atoms with E-state index in [0.717, 1.165) is 12.4 Å². The van der Waals surface area contributed by atoms with E-state index in [4.69, 9.17) is 9.84 Å². The SMILES string of the molecule is O=C(O)C(Oc1ncc(F)cn1)c1ccccc1. The standard InChI is InChI=1S/C12H9FN2O3/c13-9-6-14-12(15-7-9)18-10(11(16)17)8-4-2-1-3-5-8/h1-7,10H,(H,16,17). The van der Waals surface area contributed by atoms with Crippen LogP contribution in [0.5, 0.6) is 6.01 Å². The molecule has 0 amide bonds. The van der Waals surface area contributed by atoms with Gasteiger partial charge in [0.25, 0.3) is 0 Å². The van der Waals surface area contributed by atoms with E-state index in [0.29, 0.717) is 5.56 Å². The number of nitrogens with zero attached hydrogens (tertiary/aromatic N) is 2. The van der Waals surface area contributed by atoms with Crippen LogP contribution >= 0.6 is 0 Å². The van der Waals surface area contributed by atoms with Gasteiger partial charge in [-0.3, -0.25) is 0 Å². The molecular weight excluding hydrogens is 239 g/mol. The number of carbonyl (C=O) groups is 1. The molecule has 1 N–H and O–H groups in total. The van der Waals surface area contributed by atoms with Gasteiger partial charge in [-0.25, -0.2) is 19.2 Å². The largest absolute Gasteiger partial charge is 0.478 e. The Kier molecular flexibility index (Phi) is 3.47. The predicted octanol–water partition coefficient (Wildman–Crippen LogP) is 1.82. The average molecular weight is 248 g/mol. The second-order valence-corrected chi connectivity index (χ2v) is 3.43. The van der Waals surface area contributed by atoms with Crippen LogP contribution in [-0.2, 0) is 4.79 Å². The summed E-state index contributed by atoms with van der Waals surface area (Å²) in [5.41, 5.74) is 0.456. The van der Waals surface area contributed by atoms with Crippen LogP contribution in [0.1, 0.15) is 11.7 Å². The lowest BCUT2D eigenvalue weighted by Crippen LogP contribution is -2.19. The first kappa shape index (κ1) is 12.0.